The van der Waals surface area contributed by atoms with Crippen molar-refractivity contribution in [2.24, 2.45) is 0 Å². The summed E-state index contributed by atoms with van der Waals surface area (Å²) in [5.41, 5.74) is 0. The maximum Gasteiger partial charge on any atom is 0.251 e. The van der Waals surface area contributed by atoms with E-state index in [-0.39, 0.29) is 8.68 Å². The molecule has 1 aromatic heterocycles. The number of rotatable bonds is 7. The Morgan fingerprint density at radius 1 is 1.69 bits per heavy atom. The first kappa shape index (κ1) is 13.4. The van der Waals surface area contributed by atoms with E-state index in [1.807, 2.05) is 0 Å². The normalized spacial score (nSPS) is 11.3. The lowest BCUT2D eigenvalue weighted by atomic mass is 10.5. The first-order valence-electron chi connectivity index (χ1n) is 4.40. The molecule has 0 saturated carbocycles. The molecule has 0 aliphatic heterocycles. The number of nitrogens with one attached hydrogen (secondary N) is 1. The van der Waals surface area contributed by atoms with Crippen LogP contribution >= 0.6 is 22.9 Å². The van der Waals surface area contributed by atoms with Gasteiger partial charge in [-0.3, -0.25) is 0 Å². The van der Waals surface area contributed by atoms with Crippen LogP contribution in [0, 0.1) is 0 Å². The van der Waals surface area contributed by atoms with Gasteiger partial charge in [-0.1, -0.05) is 29.5 Å². The van der Waals surface area contributed by atoms with E-state index in [9.17, 15) is 8.42 Å². The third-order valence-corrected chi connectivity index (χ3v) is 4.61. The molecule has 0 bridgehead atoms. The zero-order chi connectivity index (χ0) is 12.0. The summed E-state index contributed by atoms with van der Waals surface area (Å²) in [6.07, 6.45) is 3.12. The second-order valence-electron chi connectivity index (χ2n) is 2.72. The van der Waals surface area contributed by atoms with Crippen molar-refractivity contribution in [1.82, 2.24) is 9.71 Å². The molecule has 0 aromatic carbocycles. The molecular weight excluding hydrogens is 272 g/mol. The molecule has 8 heteroatoms. The van der Waals surface area contributed by atoms with Crippen molar-refractivity contribution in [3.63, 3.8) is 0 Å². The van der Waals surface area contributed by atoms with E-state index in [2.05, 4.69) is 16.3 Å². The minimum absolute atomic E-state index is 0.113. The Balaban J connectivity index is 2.44. The van der Waals surface area contributed by atoms with Crippen LogP contribution in [0.15, 0.2) is 23.2 Å². The van der Waals surface area contributed by atoms with Crippen molar-refractivity contribution in [1.29, 1.82) is 0 Å². The van der Waals surface area contributed by atoms with Crippen molar-refractivity contribution in [3.8, 4) is 0 Å². The molecule has 0 atom stereocenters. The smallest absolute Gasteiger partial charge is 0.251 e. The first-order valence-corrected chi connectivity index (χ1v) is 7.07. The number of aromatic nitrogens is 1. The molecule has 16 heavy (non-hydrogen) atoms. The predicted molar refractivity (Wildman–Crippen MR) is 63.1 cm³/mol. The molecule has 1 heterocycles. The molecule has 0 saturated heterocycles. The fourth-order valence-corrected chi connectivity index (χ4v) is 3.29. The average Bonchev–Trinajstić information content (AvgIpc) is 2.65. The van der Waals surface area contributed by atoms with E-state index >= 15 is 0 Å². The van der Waals surface area contributed by atoms with Crippen LogP contribution in [-0.4, -0.2) is 26.6 Å². The van der Waals surface area contributed by atoms with E-state index in [0.29, 0.717) is 19.6 Å². The standard InChI is InChI=1S/C8H11ClN2O3S2/c1-2-14-5-3-4-11-16(12,13)7-6-10-8(9)15-7/h2,6,11H,1,3-5H2. The van der Waals surface area contributed by atoms with Gasteiger partial charge in [0.05, 0.1) is 19.1 Å². The van der Waals surface area contributed by atoms with Crippen molar-refractivity contribution < 1.29 is 13.2 Å². The van der Waals surface area contributed by atoms with Gasteiger partial charge in [0.15, 0.2) is 8.68 Å². The Morgan fingerprint density at radius 3 is 3.00 bits per heavy atom. The SMILES string of the molecule is C=COCCCNS(=O)(=O)c1cnc(Cl)s1. The van der Waals surface area contributed by atoms with Gasteiger partial charge >= 0.3 is 0 Å². The molecule has 0 amide bonds. The Hall–Kier alpha value is -0.630. The Labute approximate surface area is 103 Å². The van der Waals surface area contributed by atoms with Gasteiger partial charge in [0.2, 0.25) is 0 Å². The number of hydrogen-bond acceptors (Lipinski definition) is 5. The fraction of sp³-hybridized carbons (Fsp3) is 0.375. The second-order valence-corrected chi connectivity index (χ2v) is 6.33. The minimum atomic E-state index is -3.49. The van der Waals surface area contributed by atoms with Gasteiger partial charge in [-0.05, 0) is 6.42 Å². The monoisotopic (exact) mass is 282 g/mol. The fourth-order valence-electron chi connectivity index (χ4n) is 0.880. The Kier molecular flexibility index (Phi) is 5.20. The van der Waals surface area contributed by atoms with Gasteiger partial charge in [0.25, 0.3) is 10.0 Å². The molecule has 1 rings (SSSR count). The summed E-state index contributed by atoms with van der Waals surface area (Å²) in [6.45, 7) is 4.10. The lowest BCUT2D eigenvalue weighted by Gasteiger charge is -2.03. The molecule has 1 N–H and O–H groups in total. The van der Waals surface area contributed by atoms with Crippen molar-refractivity contribution in [2.75, 3.05) is 13.2 Å². The first-order chi connectivity index (χ1) is 7.56. The van der Waals surface area contributed by atoms with E-state index in [1.165, 1.54) is 12.5 Å². The predicted octanol–water partition coefficient (Wildman–Crippen LogP) is 1.62. The van der Waals surface area contributed by atoms with Gasteiger partial charge in [0.1, 0.15) is 0 Å². The van der Waals surface area contributed by atoms with E-state index in [0.717, 1.165) is 11.3 Å². The summed E-state index contributed by atoms with van der Waals surface area (Å²) in [5.74, 6) is 0. The zero-order valence-electron chi connectivity index (χ0n) is 8.35. The number of halogens is 1. The topological polar surface area (TPSA) is 68.3 Å². The lowest BCUT2D eigenvalue weighted by Crippen LogP contribution is -2.24. The molecule has 0 radical (unpaired) electrons. The molecular formula is C8H11ClN2O3S2. The lowest BCUT2D eigenvalue weighted by molar-refractivity contribution is 0.247. The third-order valence-electron chi connectivity index (χ3n) is 1.57. The van der Waals surface area contributed by atoms with Gasteiger partial charge in [-0.2, -0.15) is 0 Å². The van der Waals surface area contributed by atoms with Gasteiger partial charge in [-0.25, -0.2) is 18.1 Å². The summed E-state index contributed by atoms with van der Waals surface area (Å²) < 4.78 is 30.8. The van der Waals surface area contributed by atoms with Gasteiger partial charge < -0.3 is 4.74 Å². The average molecular weight is 283 g/mol. The summed E-state index contributed by atoms with van der Waals surface area (Å²) in [6, 6.07) is 0. The summed E-state index contributed by atoms with van der Waals surface area (Å²) >= 11 is 6.47. The number of thiazole rings is 1. The van der Waals surface area contributed by atoms with E-state index in [4.69, 9.17) is 16.3 Å². The van der Waals surface area contributed by atoms with Crippen LogP contribution in [0.2, 0.25) is 4.47 Å². The summed E-state index contributed by atoms with van der Waals surface area (Å²) in [5, 5.41) is 0. The van der Waals surface area contributed by atoms with Crippen molar-refractivity contribution in [2.45, 2.75) is 10.6 Å². The van der Waals surface area contributed by atoms with E-state index in [1.54, 1.807) is 0 Å². The Morgan fingerprint density at radius 2 is 2.44 bits per heavy atom. The number of nitrogens with zero attached hydrogens (tertiary/aromatic N) is 1. The highest BCUT2D eigenvalue weighted by Crippen LogP contribution is 2.21. The molecule has 0 aliphatic carbocycles. The molecule has 5 nitrogen and oxygen atoms in total. The number of sulfonamides is 1. The molecule has 90 valence electrons. The summed E-state index contributed by atoms with van der Waals surface area (Å²) in [4.78, 5) is 3.67. The van der Waals surface area contributed by atoms with Crippen LogP contribution < -0.4 is 4.72 Å². The molecule has 0 spiro atoms. The Bertz CT molecular complexity index is 444. The van der Waals surface area contributed by atoms with Crippen LogP contribution in [0.3, 0.4) is 0 Å². The highest BCUT2D eigenvalue weighted by atomic mass is 35.5. The number of hydrogen-bond donors (Lipinski definition) is 1. The quantitative estimate of drug-likeness (QED) is 0.610. The molecule has 0 unspecified atom stereocenters. The largest absolute Gasteiger partial charge is 0.502 e. The van der Waals surface area contributed by atoms with Gasteiger partial charge in [0, 0.05) is 6.54 Å². The van der Waals surface area contributed by atoms with Crippen LogP contribution in [0.4, 0.5) is 0 Å². The molecule has 0 fully saturated rings. The van der Waals surface area contributed by atoms with Crippen LogP contribution in [0.25, 0.3) is 0 Å². The molecule has 1 aromatic rings. The maximum atomic E-state index is 11.6. The maximum absolute atomic E-state index is 11.6. The summed E-state index contributed by atoms with van der Waals surface area (Å²) in [7, 11) is -3.49. The van der Waals surface area contributed by atoms with E-state index < -0.39 is 10.0 Å². The molecule has 0 aliphatic rings. The second kappa shape index (κ2) is 6.19. The minimum Gasteiger partial charge on any atom is -0.502 e. The highest BCUT2D eigenvalue weighted by molar-refractivity contribution is 7.91. The third kappa shape index (κ3) is 4.09. The van der Waals surface area contributed by atoms with Crippen molar-refractivity contribution in [3.05, 3.63) is 23.5 Å². The van der Waals surface area contributed by atoms with Crippen molar-refractivity contribution >= 4 is 33.0 Å². The highest BCUT2D eigenvalue weighted by Gasteiger charge is 2.16. The van der Waals surface area contributed by atoms with Gasteiger partial charge in [-0.15, -0.1) is 0 Å². The zero-order valence-corrected chi connectivity index (χ0v) is 10.7. The van der Waals surface area contributed by atoms with Crippen LogP contribution in [0.1, 0.15) is 6.42 Å². The van der Waals surface area contributed by atoms with Crippen LogP contribution in [-0.2, 0) is 14.8 Å². The van der Waals surface area contributed by atoms with Crippen LogP contribution in [0.5, 0.6) is 0 Å². The number of ether oxygens (including phenoxy) is 1.